The van der Waals surface area contributed by atoms with Gasteiger partial charge in [0, 0.05) is 5.69 Å². The second kappa shape index (κ2) is 6.28. The molecule has 0 amide bonds. The number of hydrogen-bond acceptors (Lipinski definition) is 4. The Hall–Kier alpha value is -2.75. The van der Waals surface area contributed by atoms with Crippen LogP contribution in [0.2, 0.25) is 0 Å². The Morgan fingerprint density at radius 3 is 2.44 bits per heavy atom. The molecular weight excluding hydrogens is 353 g/mol. The fourth-order valence-electron chi connectivity index (χ4n) is 2.24. The summed E-state index contributed by atoms with van der Waals surface area (Å²) in [5.74, 6) is 0.360. The van der Waals surface area contributed by atoms with E-state index in [4.69, 9.17) is 12.2 Å². The molecule has 0 aliphatic heterocycles. The van der Waals surface area contributed by atoms with Crippen molar-refractivity contribution in [3.63, 3.8) is 0 Å². The molecule has 6 nitrogen and oxygen atoms in total. The van der Waals surface area contributed by atoms with Crippen molar-refractivity contribution < 1.29 is 13.2 Å². The minimum atomic E-state index is -4.37. The molecule has 2 aromatic heterocycles. The summed E-state index contributed by atoms with van der Waals surface area (Å²) < 4.78 is 40.9. The summed E-state index contributed by atoms with van der Waals surface area (Å²) in [5.41, 5.74) is 1.44. The van der Waals surface area contributed by atoms with Gasteiger partial charge in [-0.1, -0.05) is 12.1 Å². The average Bonchev–Trinajstić information content (AvgIpc) is 3.06. The molecule has 0 aliphatic rings. The van der Waals surface area contributed by atoms with Gasteiger partial charge in [-0.2, -0.15) is 28.0 Å². The lowest BCUT2D eigenvalue weighted by molar-refractivity contribution is -0.137. The lowest BCUT2D eigenvalue weighted by Gasteiger charge is -2.06. The van der Waals surface area contributed by atoms with Gasteiger partial charge >= 0.3 is 6.18 Å². The van der Waals surface area contributed by atoms with Crippen LogP contribution in [0.4, 0.5) is 13.2 Å². The van der Waals surface area contributed by atoms with E-state index in [0.29, 0.717) is 11.5 Å². The van der Waals surface area contributed by atoms with Crippen molar-refractivity contribution in [2.75, 3.05) is 0 Å². The van der Waals surface area contributed by atoms with Gasteiger partial charge in [0.15, 0.2) is 0 Å². The quantitative estimate of drug-likeness (QED) is 0.569. The first-order valence-corrected chi connectivity index (χ1v) is 7.59. The largest absolute Gasteiger partial charge is 0.416 e. The smallest absolute Gasteiger partial charge is 0.248 e. The topological polar surface area (TPSA) is 63.8 Å². The van der Waals surface area contributed by atoms with Crippen LogP contribution in [0.5, 0.6) is 0 Å². The zero-order chi connectivity index (χ0) is 18.2. The number of H-pyrrole nitrogens is 1. The fourth-order valence-corrected chi connectivity index (χ4v) is 2.41. The first-order valence-electron chi connectivity index (χ1n) is 7.18. The van der Waals surface area contributed by atoms with Crippen LogP contribution in [0, 0.1) is 18.6 Å². The van der Waals surface area contributed by atoms with Gasteiger partial charge in [-0.05, 0) is 49.8 Å². The molecule has 0 radical (unpaired) electrons. The zero-order valence-corrected chi connectivity index (χ0v) is 14.1. The van der Waals surface area contributed by atoms with E-state index < -0.39 is 11.7 Å². The lowest BCUT2D eigenvalue weighted by atomic mass is 10.1. The number of aryl methyl sites for hydroxylation is 2. The Morgan fingerprint density at radius 2 is 1.88 bits per heavy atom. The Morgan fingerprint density at radius 1 is 1.20 bits per heavy atom. The molecule has 0 spiro atoms. The van der Waals surface area contributed by atoms with Crippen LogP contribution in [0.15, 0.2) is 35.4 Å². The highest BCUT2D eigenvalue weighted by molar-refractivity contribution is 7.71. The Bertz CT molecular complexity index is 978. The first kappa shape index (κ1) is 17.1. The summed E-state index contributed by atoms with van der Waals surface area (Å²) in [4.78, 5) is 0. The van der Waals surface area contributed by atoms with Crippen LogP contribution < -0.4 is 0 Å². The number of nitrogens with one attached hydrogen (secondary N) is 1. The van der Waals surface area contributed by atoms with Crippen LogP contribution in [0.1, 0.15) is 22.5 Å². The summed E-state index contributed by atoms with van der Waals surface area (Å²) >= 11 is 5.15. The van der Waals surface area contributed by atoms with E-state index >= 15 is 0 Å². The Labute approximate surface area is 145 Å². The fraction of sp³-hybridized carbons (Fsp3) is 0.200. The van der Waals surface area contributed by atoms with Crippen LogP contribution >= 0.6 is 12.2 Å². The van der Waals surface area contributed by atoms with E-state index in [1.807, 2.05) is 19.9 Å². The number of hydrogen-bond donors (Lipinski definition) is 1. The van der Waals surface area contributed by atoms with E-state index in [9.17, 15) is 13.2 Å². The normalized spacial score (nSPS) is 12.2. The highest BCUT2D eigenvalue weighted by Crippen LogP contribution is 2.28. The van der Waals surface area contributed by atoms with Gasteiger partial charge in [0.2, 0.25) is 4.77 Å². The standard InChI is InChI=1S/C15H13F3N6S/c1-9-7-10(2)23(22-9)13-20-21-14(25)24(13)19-8-11-3-5-12(6-4-11)15(16,17)18/h3-8H,1-2H3,(H,21,25)/b19-8-. The maximum atomic E-state index is 12.6. The van der Waals surface area contributed by atoms with Crippen molar-refractivity contribution in [2.45, 2.75) is 20.0 Å². The predicted molar refractivity (Wildman–Crippen MR) is 88.4 cm³/mol. The summed E-state index contributed by atoms with van der Waals surface area (Å²) in [5, 5.41) is 15.3. The number of halogens is 3. The highest BCUT2D eigenvalue weighted by atomic mass is 32.1. The summed E-state index contributed by atoms with van der Waals surface area (Å²) in [6, 6.07) is 6.54. The highest BCUT2D eigenvalue weighted by Gasteiger charge is 2.29. The number of nitrogens with zero attached hydrogens (tertiary/aromatic N) is 5. The molecule has 1 aromatic carbocycles. The molecule has 2 heterocycles. The van der Waals surface area contributed by atoms with Crippen molar-refractivity contribution in [1.82, 2.24) is 24.7 Å². The van der Waals surface area contributed by atoms with Crippen molar-refractivity contribution in [1.29, 1.82) is 0 Å². The van der Waals surface area contributed by atoms with Crippen LogP contribution in [0.3, 0.4) is 0 Å². The van der Waals surface area contributed by atoms with Crippen molar-refractivity contribution in [3.05, 3.63) is 57.6 Å². The van der Waals surface area contributed by atoms with E-state index in [1.165, 1.54) is 23.0 Å². The summed E-state index contributed by atoms with van der Waals surface area (Å²) in [6.07, 6.45) is -2.97. The third kappa shape index (κ3) is 3.53. The average molecular weight is 366 g/mol. The number of aromatic nitrogens is 5. The molecule has 130 valence electrons. The molecule has 0 saturated heterocycles. The molecule has 3 rings (SSSR count). The molecule has 0 fully saturated rings. The number of rotatable bonds is 3. The minimum Gasteiger partial charge on any atom is -0.248 e. The summed E-state index contributed by atoms with van der Waals surface area (Å²) in [6.45, 7) is 3.71. The maximum absolute atomic E-state index is 12.6. The van der Waals surface area contributed by atoms with Crippen LogP contribution in [0.25, 0.3) is 5.95 Å². The second-order valence-electron chi connectivity index (χ2n) is 5.34. The van der Waals surface area contributed by atoms with E-state index in [1.54, 1.807) is 4.68 Å². The molecular formula is C15H13F3N6S. The van der Waals surface area contributed by atoms with Crippen molar-refractivity contribution in [2.24, 2.45) is 5.10 Å². The summed E-state index contributed by atoms with van der Waals surface area (Å²) in [7, 11) is 0. The van der Waals surface area contributed by atoms with Gasteiger partial charge in [0.05, 0.1) is 17.5 Å². The Balaban J connectivity index is 1.93. The van der Waals surface area contributed by atoms with Gasteiger partial charge < -0.3 is 0 Å². The van der Waals surface area contributed by atoms with Gasteiger partial charge in [-0.25, -0.2) is 9.78 Å². The molecule has 0 saturated carbocycles. The third-order valence-corrected chi connectivity index (χ3v) is 3.66. The SMILES string of the molecule is Cc1cc(C)n(-c2n[nH]c(=S)n2/N=C\c2ccc(C(F)(F)F)cc2)n1. The second-order valence-corrected chi connectivity index (χ2v) is 5.73. The van der Waals surface area contributed by atoms with Gasteiger partial charge in [0.25, 0.3) is 5.95 Å². The maximum Gasteiger partial charge on any atom is 0.416 e. The molecule has 3 aromatic rings. The molecule has 0 aliphatic carbocycles. The molecule has 25 heavy (non-hydrogen) atoms. The predicted octanol–water partition coefficient (Wildman–Crippen LogP) is 3.64. The van der Waals surface area contributed by atoms with Gasteiger partial charge in [-0.15, -0.1) is 5.10 Å². The van der Waals surface area contributed by atoms with Crippen molar-refractivity contribution >= 4 is 18.4 Å². The minimum absolute atomic E-state index is 0.241. The molecule has 10 heteroatoms. The monoisotopic (exact) mass is 366 g/mol. The number of aromatic amines is 1. The van der Waals surface area contributed by atoms with E-state index in [2.05, 4.69) is 20.4 Å². The molecule has 0 bridgehead atoms. The van der Waals surface area contributed by atoms with E-state index in [-0.39, 0.29) is 4.77 Å². The molecule has 0 atom stereocenters. The van der Waals surface area contributed by atoms with E-state index in [0.717, 1.165) is 23.5 Å². The molecule has 0 unspecified atom stereocenters. The first-order chi connectivity index (χ1) is 11.8. The van der Waals surface area contributed by atoms with Crippen LogP contribution in [-0.4, -0.2) is 30.9 Å². The van der Waals surface area contributed by atoms with Gasteiger partial charge in [0.1, 0.15) is 0 Å². The van der Waals surface area contributed by atoms with Crippen LogP contribution in [-0.2, 0) is 6.18 Å². The number of alkyl halides is 3. The van der Waals surface area contributed by atoms with Crippen molar-refractivity contribution in [3.8, 4) is 5.95 Å². The molecule has 1 N–H and O–H groups in total. The third-order valence-electron chi connectivity index (χ3n) is 3.39. The zero-order valence-electron chi connectivity index (χ0n) is 13.2. The number of benzene rings is 1. The Kier molecular flexibility index (Phi) is 4.29. The van der Waals surface area contributed by atoms with Gasteiger partial charge in [-0.3, -0.25) is 0 Å². The lowest BCUT2D eigenvalue weighted by Crippen LogP contribution is -2.07.